The van der Waals surface area contributed by atoms with Gasteiger partial charge in [-0.1, -0.05) is 72.4 Å². The van der Waals surface area contributed by atoms with Gasteiger partial charge in [-0.3, -0.25) is 14.9 Å². The Morgan fingerprint density at radius 3 is 2.06 bits per heavy atom. The first kappa shape index (κ1) is 23.7. The number of benzene rings is 3. The fraction of sp³-hybridized carbons (Fsp3) is 0.0800. The van der Waals surface area contributed by atoms with Gasteiger partial charge in [-0.2, -0.15) is 0 Å². The quantitative estimate of drug-likeness (QED) is 0.182. The SMILES string of the molecule is O=C(CSc1ncc(-c2ccc([N+](=O)[O-])cc2)[nH]1)NC(C(=O)O)(c1ccccc1)c1ccccc1. The first-order chi connectivity index (χ1) is 16.9. The number of hydrogen-bond donors (Lipinski definition) is 3. The van der Waals surface area contributed by atoms with Crippen molar-refractivity contribution in [2.45, 2.75) is 10.7 Å². The van der Waals surface area contributed by atoms with Gasteiger partial charge in [0.05, 0.1) is 22.6 Å². The van der Waals surface area contributed by atoms with Gasteiger partial charge in [0.2, 0.25) is 5.91 Å². The van der Waals surface area contributed by atoms with Crippen LogP contribution in [0.3, 0.4) is 0 Å². The minimum Gasteiger partial charge on any atom is -0.479 e. The van der Waals surface area contributed by atoms with Crippen LogP contribution in [0.5, 0.6) is 0 Å². The van der Waals surface area contributed by atoms with Crippen LogP contribution in [0.15, 0.2) is 96.3 Å². The zero-order chi connectivity index (χ0) is 24.8. The van der Waals surface area contributed by atoms with Gasteiger partial charge in [0.1, 0.15) is 0 Å². The molecule has 0 aliphatic heterocycles. The largest absolute Gasteiger partial charge is 0.479 e. The van der Waals surface area contributed by atoms with Crippen LogP contribution >= 0.6 is 11.8 Å². The molecule has 10 heteroatoms. The lowest BCUT2D eigenvalue weighted by atomic mass is 9.82. The Labute approximate surface area is 204 Å². The topological polar surface area (TPSA) is 138 Å². The number of H-pyrrole nitrogens is 1. The highest BCUT2D eigenvalue weighted by Gasteiger charge is 2.43. The lowest BCUT2D eigenvalue weighted by Crippen LogP contribution is -2.53. The van der Waals surface area contributed by atoms with Crippen molar-refractivity contribution < 1.29 is 19.6 Å². The molecule has 4 rings (SSSR count). The molecule has 1 aromatic heterocycles. The van der Waals surface area contributed by atoms with Crippen molar-refractivity contribution >= 4 is 29.3 Å². The lowest BCUT2D eigenvalue weighted by molar-refractivity contribution is -0.384. The first-order valence-corrected chi connectivity index (χ1v) is 11.5. The maximum absolute atomic E-state index is 13.0. The molecule has 0 saturated carbocycles. The zero-order valence-corrected chi connectivity index (χ0v) is 19.1. The molecule has 3 aromatic carbocycles. The molecule has 0 fully saturated rings. The predicted octanol–water partition coefficient (Wildman–Crippen LogP) is 4.22. The van der Waals surface area contributed by atoms with Crippen molar-refractivity contribution in [1.29, 1.82) is 0 Å². The molecule has 0 radical (unpaired) electrons. The Morgan fingerprint density at radius 1 is 0.971 bits per heavy atom. The van der Waals surface area contributed by atoms with Gasteiger partial charge in [-0.05, 0) is 23.3 Å². The monoisotopic (exact) mass is 488 g/mol. The number of carboxylic acid groups (broad SMARTS) is 1. The van der Waals surface area contributed by atoms with Gasteiger partial charge in [0, 0.05) is 17.7 Å². The Bertz CT molecular complexity index is 1300. The summed E-state index contributed by atoms with van der Waals surface area (Å²) in [4.78, 5) is 43.2. The van der Waals surface area contributed by atoms with Crippen LogP contribution in [0.1, 0.15) is 11.1 Å². The third-order valence-corrected chi connectivity index (χ3v) is 6.23. The molecule has 0 saturated heterocycles. The zero-order valence-electron chi connectivity index (χ0n) is 18.3. The Balaban J connectivity index is 1.51. The standard InChI is InChI=1S/C25H20N4O5S/c30-22(16-35-24-26-15-21(27-24)17-11-13-20(14-12-17)29(33)34)28-25(23(31)32,18-7-3-1-4-8-18)19-9-5-2-6-10-19/h1-15H,16H2,(H,26,27)(H,28,30)(H,31,32). The number of nitrogens with zero attached hydrogens (tertiary/aromatic N) is 2. The Hall–Kier alpha value is -4.44. The van der Waals surface area contributed by atoms with E-state index in [0.717, 1.165) is 11.8 Å². The molecule has 0 unspecified atom stereocenters. The third-order valence-electron chi connectivity index (χ3n) is 5.34. The van der Waals surface area contributed by atoms with Crippen LogP contribution in [0.2, 0.25) is 0 Å². The van der Waals surface area contributed by atoms with E-state index in [9.17, 15) is 24.8 Å². The van der Waals surface area contributed by atoms with Gasteiger partial charge >= 0.3 is 5.97 Å². The highest BCUT2D eigenvalue weighted by Crippen LogP contribution is 2.31. The summed E-state index contributed by atoms with van der Waals surface area (Å²) < 4.78 is 0. The predicted molar refractivity (Wildman–Crippen MR) is 131 cm³/mol. The summed E-state index contributed by atoms with van der Waals surface area (Å²) in [7, 11) is 0. The van der Waals surface area contributed by atoms with Crippen LogP contribution in [0.4, 0.5) is 5.69 Å². The summed E-state index contributed by atoms with van der Waals surface area (Å²) in [6, 6.07) is 23.1. The second kappa shape index (κ2) is 10.2. The summed E-state index contributed by atoms with van der Waals surface area (Å²) in [5.74, 6) is -1.77. The fourth-order valence-electron chi connectivity index (χ4n) is 3.65. The number of carbonyl (C=O) groups excluding carboxylic acids is 1. The molecule has 0 spiro atoms. The van der Waals surface area contributed by atoms with Crippen LogP contribution < -0.4 is 5.32 Å². The number of thioether (sulfide) groups is 1. The van der Waals surface area contributed by atoms with Crippen molar-refractivity contribution in [2.75, 3.05) is 5.75 Å². The number of hydrogen-bond acceptors (Lipinski definition) is 6. The van der Waals surface area contributed by atoms with Gasteiger partial charge in [0.25, 0.3) is 5.69 Å². The van der Waals surface area contributed by atoms with E-state index in [2.05, 4.69) is 15.3 Å². The number of amides is 1. The number of nitrogens with one attached hydrogen (secondary N) is 2. The van der Waals surface area contributed by atoms with E-state index in [4.69, 9.17) is 0 Å². The first-order valence-electron chi connectivity index (χ1n) is 10.5. The third kappa shape index (κ3) is 5.07. The van der Waals surface area contributed by atoms with Gasteiger partial charge in [-0.25, -0.2) is 9.78 Å². The van der Waals surface area contributed by atoms with Crippen molar-refractivity contribution in [3.05, 3.63) is 112 Å². The van der Waals surface area contributed by atoms with Crippen molar-refractivity contribution in [1.82, 2.24) is 15.3 Å². The summed E-state index contributed by atoms with van der Waals surface area (Å²) in [6.07, 6.45) is 1.57. The van der Waals surface area contributed by atoms with Crippen LogP contribution in [-0.4, -0.2) is 37.6 Å². The molecule has 1 heterocycles. The Kier molecular flexibility index (Phi) is 6.93. The van der Waals surface area contributed by atoms with E-state index in [1.165, 1.54) is 12.1 Å². The number of non-ortho nitro benzene ring substituents is 1. The number of carbonyl (C=O) groups is 2. The minimum absolute atomic E-state index is 0.0155. The molecule has 0 bridgehead atoms. The van der Waals surface area contributed by atoms with Crippen molar-refractivity contribution in [3.8, 4) is 11.3 Å². The molecule has 176 valence electrons. The number of aromatic amines is 1. The maximum Gasteiger partial charge on any atom is 0.338 e. The molecule has 1 amide bonds. The number of carboxylic acids is 1. The maximum atomic E-state index is 13.0. The van der Waals surface area contributed by atoms with E-state index in [1.54, 1.807) is 79.0 Å². The minimum atomic E-state index is -1.76. The lowest BCUT2D eigenvalue weighted by Gasteiger charge is -2.31. The van der Waals surface area contributed by atoms with E-state index in [1.807, 2.05) is 0 Å². The van der Waals surface area contributed by atoms with Crippen LogP contribution in [0.25, 0.3) is 11.3 Å². The van der Waals surface area contributed by atoms with Gasteiger partial charge < -0.3 is 15.4 Å². The van der Waals surface area contributed by atoms with Gasteiger partial charge in [-0.15, -0.1) is 0 Å². The molecule has 4 aromatic rings. The number of nitro groups is 1. The summed E-state index contributed by atoms with van der Waals surface area (Å²) in [6.45, 7) is 0. The normalized spacial score (nSPS) is 11.1. The number of rotatable bonds is 9. The van der Waals surface area contributed by atoms with Gasteiger partial charge in [0.15, 0.2) is 10.7 Å². The highest BCUT2D eigenvalue weighted by molar-refractivity contribution is 7.99. The average Bonchev–Trinajstić information content (AvgIpc) is 3.36. The molecule has 0 aliphatic rings. The number of aliphatic carboxylic acids is 1. The second-order valence-corrected chi connectivity index (χ2v) is 8.49. The molecule has 9 nitrogen and oxygen atoms in total. The average molecular weight is 489 g/mol. The fourth-order valence-corrected chi connectivity index (χ4v) is 4.30. The molecule has 0 aliphatic carbocycles. The summed E-state index contributed by atoms with van der Waals surface area (Å²) in [5.41, 5.74) is 0.422. The van der Waals surface area contributed by atoms with E-state index < -0.39 is 22.3 Å². The smallest absolute Gasteiger partial charge is 0.338 e. The van der Waals surface area contributed by atoms with E-state index in [-0.39, 0.29) is 11.4 Å². The van der Waals surface area contributed by atoms with Crippen molar-refractivity contribution in [3.63, 3.8) is 0 Å². The molecule has 35 heavy (non-hydrogen) atoms. The second-order valence-electron chi connectivity index (χ2n) is 7.53. The van der Waals surface area contributed by atoms with Crippen molar-refractivity contribution in [2.24, 2.45) is 0 Å². The highest BCUT2D eigenvalue weighted by atomic mass is 32.2. The van der Waals surface area contributed by atoms with Crippen LogP contribution in [-0.2, 0) is 15.1 Å². The molecular weight excluding hydrogens is 468 g/mol. The summed E-state index contributed by atoms with van der Waals surface area (Å²) >= 11 is 1.11. The molecular formula is C25H20N4O5S. The Morgan fingerprint density at radius 2 is 1.54 bits per heavy atom. The van der Waals surface area contributed by atoms with E-state index in [0.29, 0.717) is 27.5 Å². The molecule has 0 atom stereocenters. The number of imidazole rings is 1. The number of aromatic nitrogens is 2. The molecule has 3 N–H and O–H groups in total. The summed E-state index contributed by atoms with van der Waals surface area (Å²) in [5, 5.41) is 24.3. The number of nitro benzene ring substituents is 1. The van der Waals surface area contributed by atoms with E-state index >= 15 is 0 Å². The van der Waals surface area contributed by atoms with Crippen LogP contribution in [0, 0.1) is 10.1 Å².